The fourth-order valence-electron chi connectivity index (χ4n) is 2.05. The van der Waals surface area contributed by atoms with E-state index < -0.39 is 28.7 Å². The van der Waals surface area contributed by atoms with E-state index in [2.05, 4.69) is 11.6 Å². The first-order chi connectivity index (χ1) is 12.6. The zero-order valence-electron chi connectivity index (χ0n) is 13.3. The molecule has 27 heavy (non-hydrogen) atoms. The maximum atomic E-state index is 12.7. The maximum Gasteiger partial charge on any atom is 0.433 e. The van der Waals surface area contributed by atoms with E-state index in [0.717, 1.165) is 4.57 Å². The van der Waals surface area contributed by atoms with Crippen molar-refractivity contribution in [2.75, 3.05) is 12.5 Å². The van der Waals surface area contributed by atoms with Gasteiger partial charge in [-0.1, -0.05) is 18.2 Å². The molecule has 2 aromatic rings. The van der Waals surface area contributed by atoms with Crippen LogP contribution in [0.1, 0.15) is 11.3 Å². The molecule has 0 bridgehead atoms. The number of esters is 1. The molecule has 0 aliphatic rings. The summed E-state index contributed by atoms with van der Waals surface area (Å²) < 4.78 is 43.8. The van der Waals surface area contributed by atoms with Gasteiger partial charge in [-0.15, -0.1) is 11.6 Å². The maximum absolute atomic E-state index is 12.7. The van der Waals surface area contributed by atoms with Crippen LogP contribution in [-0.2, 0) is 15.7 Å². The van der Waals surface area contributed by atoms with E-state index in [-0.39, 0.29) is 34.3 Å². The Kier molecular flexibility index (Phi) is 6.56. The molecule has 1 aromatic heterocycles. The Morgan fingerprint density at radius 1 is 1.26 bits per heavy atom. The SMILES string of the molecule is C=C(C(=O)OCCCl)c1cc(-n2c(Cl)nc(C(F)(F)F)cc2=O)ccc1Cl. The highest BCUT2D eigenvalue weighted by Crippen LogP contribution is 2.29. The molecule has 0 atom stereocenters. The number of hydrogen-bond acceptors (Lipinski definition) is 4. The highest BCUT2D eigenvalue weighted by Gasteiger charge is 2.34. The second-order valence-electron chi connectivity index (χ2n) is 5.05. The van der Waals surface area contributed by atoms with E-state index in [1.54, 1.807) is 0 Å². The smallest absolute Gasteiger partial charge is 0.433 e. The number of ether oxygens (including phenoxy) is 1. The van der Waals surface area contributed by atoms with Crippen molar-refractivity contribution in [3.63, 3.8) is 0 Å². The monoisotopic (exact) mass is 440 g/mol. The molecule has 0 saturated carbocycles. The van der Waals surface area contributed by atoms with E-state index in [9.17, 15) is 22.8 Å². The van der Waals surface area contributed by atoms with Gasteiger partial charge in [0, 0.05) is 16.7 Å². The summed E-state index contributed by atoms with van der Waals surface area (Å²) >= 11 is 17.2. The average Bonchev–Trinajstić information content (AvgIpc) is 2.58. The predicted octanol–water partition coefficient (Wildman–Crippen LogP) is 4.35. The number of halogens is 6. The lowest BCUT2D eigenvalue weighted by atomic mass is 10.1. The van der Waals surface area contributed by atoms with Crippen molar-refractivity contribution in [2.24, 2.45) is 0 Å². The summed E-state index contributed by atoms with van der Waals surface area (Å²) in [5, 5.41) is -0.603. The molecule has 11 heteroatoms. The first-order valence-electron chi connectivity index (χ1n) is 7.15. The summed E-state index contributed by atoms with van der Waals surface area (Å²) in [4.78, 5) is 27.2. The van der Waals surface area contributed by atoms with Gasteiger partial charge in [-0.05, 0) is 29.8 Å². The van der Waals surface area contributed by atoms with Gasteiger partial charge >= 0.3 is 12.1 Å². The molecular weight excluding hydrogens is 432 g/mol. The number of carbonyl (C=O) groups excluding carboxylic acids is 1. The second kappa shape index (κ2) is 8.33. The summed E-state index contributed by atoms with van der Waals surface area (Å²) in [5.41, 5.74) is -2.47. The normalized spacial score (nSPS) is 11.3. The van der Waals surface area contributed by atoms with Gasteiger partial charge in [0.05, 0.1) is 17.1 Å². The molecule has 0 amide bonds. The van der Waals surface area contributed by atoms with Gasteiger partial charge in [-0.2, -0.15) is 13.2 Å². The van der Waals surface area contributed by atoms with Crippen LogP contribution in [0.5, 0.6) is 0 Å². The topological polar surface area (TPSA) is 61.2 Å². The van der Waals surface area contributed by atoms with Crippen LogP contribution in [-0.4, -0.2) is 28.0 Å². The molecule has 1 heterocycles. The number of carbonyl (C=O) groups is 1. The van der Waals surface area contributed by atoms with Gasteiger partial charge in [-0.3, -0.25) is 9.36 Å². The fourth-order valence-corrected chi connectivity index (χ4v) is 2.63. The first-order valence-corrected chi connectivity index (χ1v) is 8.44. The van der Waals surface area contributed by atoms with Crippen molar-refractivity contribution in [1.82, 2.24) is 9.55 Å². The lowest BCUT2D eigenvalue weighted by Gasteiger charge is -2.13. The number of hydrogen-bond donors (Lipinski definition) is 0. The van der Waals surface area contributed by atoms with E-state index in [1.165, 1.54) is 18.2 Å². The Hall–Kier alpha value is -2.03. The molecule has 0 saturated heterocycles. The standard InChI is InChI=1S/C16H10Cl3F3N2O3/c1-8(14(26)27-5-4-17)10-6-9(2-3-11(10)18)24-13(25)7-12(16(20,21)22)23-15(24)19/h2-3,6-7H,1,4-5H2. The zero-order chi connectivity index (χ0) is 20.4. The number of nitrogens with zero attached hydrogens (tertiary/aromatic N) is 2. The third-order valence-electron chi connectivity index (χ3n) is 3.26. The van der Waals surface area contributed by atoms with E-state index in [1.807, 2.05) is 0 Å². The van der Waals surface area contributed by atoms with Crippen molar-refractivity contribution >= 4 is 46.3 Å². The van der Waals surface area contributed by atoms with Crippen LogP contribution >= 0.6 is 34.8 Å². The quantitative estimate of drug-likeness (QED) is 0.299. The highest BCUT2D eigenvalue weighted by molar-refractivity contribution is 6.34. The summed E-state index contributed by atoms with van der Waals surface area (Å²) in [6, 6.07) is 4.22. The number of rotatable bonds is 5. The minimum atomic E-state index is -4.83. The van der Waals surface area contributed by atoms with E-state index in [4.69, 9.17) is 39.5 Å². The first kappa shape index (κ1) is 21.3. The van der Waals surface area contributed by atoms with Gasteiger partial charge < -0.3 is 4.74 Å². The Labute approximate surface area is 165 Å². The molecule has 0 radical (unpaired) electrons. The lowest BCUT2D eigenvalue weighted by Crippen LogP contribution is -2.23. The fraction of sp³-hybridized carbons (Fsp3) is 0.188. The number of alkyl halides is 4. The lowest BCUT2D eigenvalue weighted by molar-refractivity contribution is -0.141. The summed E-state index contributed by atoms with van der Waals surface area (Å²) in [5.74, 6) is -0.714. The Bertz CT molecular complexity index is 958. The van der Waals surface area contributed by atoms with Crippen LogP contribution in [0.2, 0.25) is 10.3 Å². The Morgan fingerprint density at radius 3 is 2.48 bits per heavy atom. The molecule has 0 spiro atoms. The molecule has 5 nitrogen and oxygen atoms in total. The predicted molar refractivity (Wildman–Crippen MR) is 95.6 cm³/mol. The molecule has 0 aliphatic heterocycles. The van der Waals surface area contributed by atoms with Gasteiger partial charge in [0.1, 0.15) is 6.61 Å². The van der Waals surface area contributed by atoms with Crippen molar-refractivity contribution in [2.45, 2.75) is 6.18 Å². The molecule has 1 aromatic carbocycles. The summed E-state index contributed by atoms with van der Waals surface area (Å²) in [6.07, 6.45) is -4.83. The van der Waals surface area contributed by atoms with Crippen LogP contribution in [0.3, 0.4) is 0 Å². The molecule has 2 rings (SSSR count). The summed E-state index contributed by atoms with van der Waals surface area (Å²) in [6.45, 7) is 3.53. The van der Waals surface area contributed by atoms with E-state index >= 15 is 0 Å². The van der Waals surface area contributed by atoms with Crippen molar-refractivity contribution in [3.8, 4) is 5.69 Å². The van der Waals surface area contributed by atoms with Crippen LogP contribution in [0.15, 0.2) is 35.6 Å². The molecular formula is C16H10Cl3F3N2O3. The van der Waals surface area contributed by atoms with Crippen LogP contribution in [0.25, 0.3) is 11.3 Å². The minimum absolute atomic E-state index is 0.0388. The Balaban J connectivity index is 2.52. The van der Waals surface area contributed by atoms with Crippen LogP contribution in [0.4, 0.5) is 13.2 Å². The van der Waals surface area contributed by atoms with E-state index in [0.29, 0.717) is 6.07 Å². The zero-order valence-corrected chi connectivity index (χ0v) is 15.6. The van der Waals surface area contributed by atoms with Gasteiger partial charge in [-0.25, -0.2) is 9.78 Å². The molecule has 0 N–H and O–H groups in total. The van der Waals surface area contributed by atoms with Gasteiger partial charge in [0.2, 0.25) is 5.28 Å². The third kappa shape index (κ3) is 4.82. The highest BCUT2D eigenvalue weighted by atomic mass is 35.5. The second-order valence-corrected chi connectivity index (χ2v) is 6.17. The van der Waals surface area contributed by atoms with Crippen molar-refractivity contribution < 1.29 is 22.7 Å². The molecule has 144 valence electrons. The van der Waals surface area contributed by atoms with Gasteiger partial charge in [0.25, 0.3) is 5.56 Å². The summed E-state index contributed by atoms with van der Waals surface area (Å²) in [7, 11) is 0. The molecule has 0 aliphatic carbocycles. The number of aromatic nitrogens is 2. The van der Waals surface area contributed by atoms with Crippen molar-refractivity contribution in [1.29, 1.82) is 0 Å². The molecule has 0 fully saturated rings. The number of benzene rings is 1. The van der Waals surface area contributed by atoms with Crippen LogP contribution < -0.4 is 5.56 Å². The third-order valence-corrected chi connectivity index (χ3v) is 4.00. The largest absolute Gasteiger partial charge is 0.461 e. The van der Waals surface area contributed by atoms with Gasteiger partial charge in [0.15, 0.2) is 5.69 Å². The Morgan fingerprint density at radius 2 is 1.93 bits per heavy atom. The average molecular weight is 442 g/mol. The van der Waals surface area contributed by atoms with Crippen molar-refractivity contribution in [3.05, 3.63) is 62.8 Å². The minimum Gasteiger partial charge on any atom is -0.461 e. The molecule has 0 unspecified atom stereocenters. The van der Waals surface area contributed by atoms with Crippen LogP contribution in [0, 0.1) is 0 Å².